The Morgan fingerprint density at radius 2 is 2.05 bits per heavy atom. The van der Waals surface area contributed by atoms with E-state index < -0.39 is 10.0 Å². The zero-order valence-electron chi connectivity index (χ0n) is 12.0. The van der Waals surface area contributed by atoms with Gasteiger partial charge in [0.05, 0.1) is 23.5 Å². The van der Waals surface area contributed by atoms with Gasteiger partial charge in [-0.1, -0.05) is 18.2 Å². The van der Waals surface area contributed by atoms with E-state index in [4.69, 9.17) is 0 Å². The fraction of sp³-hybridized carbons (Fsp3) is 0.333. The lowest BCUT2D eigenvalue weighted by molar-refractivity contribution is -0.116. The molecule has 1 fully saturated rings. The van der Waals surface area contributed by atoms with Crippen LogP contribution in [0.25, 0.3) is 10.9 Å². The van der Waals surface area contributed by atoms with Crippen molar-refractivity contribution in [2.75, 3.05) is 24.2 Å². The van der Waals surface area contributed by atoms with E-state index >= 15 is 0 Å². The minimum atomic E-state index is -3.30. The number of pyridine rings is 1. The Kier molecular flexibility index (Phi) is 4.08. The van der Waals surface area contributed by atoms with Crippen LogP contribution in [0.5, 0.6) is 0 Å². The number of amides is 1. The maximum Gasteiger partial charge on any atom is 0.239 e. The number of carbonyl (C=O) groups is 1. The molecule has 0 spiro atoms. The lowest BCUT2D eigenvalue weighted by Gasteiger charge is -2.25. The second-order valence-corrected chi connectivity index (χ2v) is 7.37. The van der Waals surface area contributed by atoms with Gasteiger partial charge in [0.1, 0.15) is 0 Å². The highest BCUT2D eigenvalue weighted by Crippen LogP contribution is 2.21. The summed E-state index contributed by atoms with van der Waals surface area (Å²) in [6.45, 7) is 0.259. The highest BCUT2D eigenvalue weighted by atomic mass is 32.2. The number of para-hydroxylation sites is 1. The van der Waals surface area contributed by atoms with Crippen LogP contribution in [-0.2, 0) is 14.8 Å². The predicted molar refractivity (Wildman–Crippen MR) is 85.0 cm³/mol. The summed E-state index contributed by atoms with van der Waals surface area (Å²) in [7, 11) is -3.30. The van der Waals surface area contributed by atoms with E-state index in [1.54, 1.807) is 12.3 Å². The molecule has 1 saturated heterocycles. The average Bonchev–Trinajstić information content (AvgIpc) is 2.50. The van der Waals surface area contributed by atoms with Crippen molar-refractivity contribution >= 4 is 32.5 Å². The summed E-state index contributed by atoms with van der Waals surface area (Å²) in [5.74, 6) is -0.223. The van der Waals surface area contributed by atoms with Gasteiger partial charge in [-0.05, 0) is 25.0 Å². The van der Waals surface area contributed by atoms with Gasteiger partial charge in [0.2, 0.25) is 15.9 Å². The molecule has 1 aromatic carbocycles. The Morgan fingerprint density at radius 3 is 2.86 bits per heavy atom. The Morgan fingerprint density at radius 1 is 1.23 bits per heavy atom. The number of nitrogens with one attached hydrogen (secondary N) is 1. The van der Waals surface area contributed by atoms with Crippen molar-refractivity contribution in [1.82, 2.24) is 9.29 Å². The van der Waals surface area contributed by atoms with E-state index in [1.807, 2.05) is 24.3 Å². The van der Waals surface area contributed by atoms with Crippen molar-refractivity contribution in [3.8, 4) is 0 Å². The third kappa shape index (κ3) is 3.10. The molecule has 7 heteroatoms. The molecule has 0 unspecified atom stereocenters. The minimum absolute atomic E-state index is 0.121. The first-order valence-electron chi connectivity index (χ1n) is 7.18. The van der Waals surface area contributed by atoms with Crippen LogP contribution in [0.3, 0.4) is 0 Å². The molecule has 2 aromatic rings. The highest BCUT2D eigenvalue weighted by molar-refractivity contribution is 7.89. The van der Waals surface area contributed by atoms with Crippen molar-refractivity contribution in [1.29, 1.82) is 0 Å². The minimum Gasteiger partial charge on any atom is -0.323 e. The largest absolute Gasteiger partial charge is 0.323 e. The van der Waals surface area contributed by atoms with Crippen molar-refractivity contribution in [2.45, 2.75) is 12.8 Å². The zero-order valence-corrected chi connectivity index (χ0v) is 12.8. The fourth-order valence-corrected chi connectivity index (χ4v) is 4.12. The van der Waals surface area contributed by atoms with Crippen LogP contribution in [0.2, 0.25) is 0 Å². The molecule has 0 radical (unpaired) electrons. The molecule has 2 heterocycles. The fourth-order valence-electron chi connectivity index (χ4n) is 2.57. The maximum absolute atomic E-state index is 12.2. The first-order valence-corrected chi connectivity index (χ1v) is 8.79. The number of rotatable bonds is 3. The van der Waals surface area contributed by atoms with Gasteiger partial charge in [0.15, 0.2) is 0 Å². The molecule has 116 valence electrons. The average molecular weight is 319 g/mol. The number of benzene rings is 1. The van der Waals surface area contributed by atoms with Crippen LogP contribution in [0.4, 0.5) is 5.69 Å². The molecule has 0 bridgehead atoms. The number of hydrogen-bond donors (Lipinski definition) is 1. The van der Waals surface area contributed by atoms with Crippen molar-refractivity contribution < 1.29 is 13.2 Å². The molecule has 1 aliphatic rings. The predicted octanol–water partition coefficient (Wildman–Crippen LogP) is 1.60. The van der Waals surface area contributed by atoms with Gasteiger partial charge in [-0.2, -0.15) is 4.31 Å². The first kappa shape index (κ1) is 14.9. The Labute approximate surface area is 129 Å². The smallest absolute Gasteiger partial charge is 0.239 e. The SMILES string of the molecule is O=C(CN1CCCCS1(=O)=O)Nc1cccc2cccnc12. The second-order valence-electron chi connectivity index (χ2n) is 5.29. The molecule has 22 heavy (non-hydrogen) atoms. The Bertz CT molecular complexity index is 799. The quantitative estimate of drug-likeness (QED) is 0.932. The van der Waals surface area contributed by atoms with Crippen LogP contribution in [0.15, 0.2) is 36.5 Å². The topological polar surface area (TPSA) is 79.4 Å². The van der Waals surface area contributed by atoms with Crippen LogP contribution in [0.1, 0.15) is 12.8 Å². The van der Waals surface area contributed by atoms with Crippen LogP contribution in [-0.4, -0.2) is 42.5 Å². The van der Waals surface area contributed by atoms with E-state index in [2.05, 4.69) is 10.3 Å². The number of anilines is 1. The molecule has 1 amide bonds. The monoisotopic (exact) mass is 319 g/mol. The number of aromatic nitrogens is 1. The van der Waals surface area contributed by atoms with Crippen molar-refractivity contribution in [2.24, 2.45) is 0 Å². The van der Waals surface area contributed by atoms with Crippen molar-refractivity contribution in [3.63, 3.8) is 0 Å². The van der Waals surface area contributed by atoms with Gasteiger partial charge in [0, 0.05) is 18.1 Å². The number of fused-ring (bicyclic) bond motifs is 1. The molecular weight excluding hydrogens is 302 g/mol. The Hall–Kier alpha value is -1.99. The molecular formula is C15H17N3O3S. The number of sulfonamides is 1. The molecule has 0 atom stereocenters. The van der Waals surface area contributed by atoms with Gasteiger partial charge in [0.25, 0.3) is 0 Å². The summed E-state index contributed by atoms with van der Waals surface area (Å²) in [5, 5.41) is 3.68. The van der Waals surface area contributed by atoms with Crippen LogP contribution < -0.4 is 5.32 Å². The highest BCUT2D eigenvalue weighted by Gasteiger charge is 2.27. The van der Waals surface area contributed by atoms with Gasteiger partial charge >= 0.3 is 0 Å². The number of carbonyl (C=O) groups excluding carboxylic acids is 1. The molecule has 0 aliphatic carbocycles. The summed E-state index contributed by atoms with van der Waals surface area (Å²) >= 11 is 0. The Balaban J connectivity index is 1.76. The van der Waals surface area contributed by atoms with E-state index in [-0.39, 0.29) is 18.2 Å². The summed E-state index contributed by atoms with van der Waals surface area (Å²) in [6.07, 6.45) is 3.11. The van der Waals surface area contributed by atoms with Gasteiger partial charge in [-0.3, -0.25) is 9.78 Å². The third-order valence-electron chi connectivity index (χ3n) is 3.68. The molecule has 1 N–H and O–H groups in total. The molecule has 6 nitrogen and oxygen atoms in total. The van der Waals surface area contributed by atoms with E-state index in [0.717, 1.165) is 11.8 Å². The number of nitrogens with zero attached hydrogens (tertiary/aromatic N) is 2. The van der Waals surface area contributed by atoms with Gasteiger partial charge in [-0.25, -0.2) is 8.42 Å². The third-order valence-corrected chi connectivity index (χ3v) is 5.58. The van der Waals surface area contributed by atoms with Crippen LogP contribution >= 0.6 is 0 Å². The number of hydrogen-bond acceptors (Lipinski definition) is 4. The van der Waals surface area contributed by atoms with E-state index in [1.165, 1.54) is 4.31 Å². The summed E-state index contributed by atoms with van der Waals surface area (Å²) in [6, 6.07) is 9.24. The molecule has 1 aliphatic heterocycles. The van der Waals surface area contributed by atoms with Gasteiger partial charge in [-0.15, -0.1) is 0 Å². The van der Waals surface area contributed by atoms with Gasteiger partial charge < -0.3 is 5.32 Å². The summed E-state index contributed by atoms with van der Waals surface area (Å²) in [4.78, 5) is 16.4. The maximum atomic E-state index is 12.2. The second kappa shape index (κ2) is 6.02. The molecule has 1 aromatic heterocycles. The molecule has 0 saturated carbocycles. The van der Waals surface area contributed by atoms with E-state index in [9.17, 15) is 13.2 Å². The summed E-state index contributed by atoms with van der Waals surface area (Å²) < 4.78 is 25.1. The first-order chi connectivity index (χ1) is 10.6. The zero-order chi connectivity index (χ0) is 15.6. The lowest BCUT2D eigenvalue weighted by atomic mass is 10.2. The van der Waals surface area contributed by atoms with E-state index in [0.29, 0.717) is 24.2 Å². The van der Waals surface area contributed by atoms with Crippen LogP contribution in [0, 0.1) is 0 Å². The summed E-state index contributed by atoms with van der Waals surface area (Å²) in [5.41, 5.74) is 1.29. The lowest BCUT2D eigenvalue weighted by Crippen LogP contribution is -2.42. The van der Waals surface area contributed by atoms with Crippen molar-refractivity contribution in [3.05, 3.63) is 36.5 Å². The standard InChI is InChI=1S/C15H17N3O3S/c19-14(11-18-9-1-2-10-22(18,20)21)17-13-7-3-5-12-6-4-8-16-15(12)13/h3-8H,1-2,9-11H2,(H,17,19). The molecule has 3 rings (SSSR count). The normalized spacial score (nSPS) is 18.2.